The molecule has 1 fully saturated rings. The highest BCUT2D eigenvalue weighted by molar-refractivity contribution is 4.97. The number of hydrogen-bond donors (Lipinski definition) is 1. The predicted octanol–water partition coefficient (Wildman–Crippen LogP) is 2.21. The summed E-state index contributed by atoms with van der Waals surface area (Å²) in [5.41, 5.74) is 5.45. The van der Waals surface area contributed by atoms with Gasteiger partial charge in [0.25, 0.3) is 0 Å². The fourth-order valence-electron chi connectivity index (χ4n) is 2.41. The fourth-order valence-corrected chi connectivity index (χ4v) is 2.41. The summed E-state index contributed by atoms with van der Waals surface area (Å²) >= 11 is 0. The van der Waals surface area contributed by atoms with Crippen molar-refractivity contribution in [3.8, 4) is 0 Å². The Morgan fingerprint density at radius 2 is 2.33 bits per heavy atom. The molecule has 4 heteroatoms. The molecule has 4 nitrogen and oxygen atoms in total. The second-order valence-corrected chi connectivity index (χ2v) is 4.39. The summed E-state index contributed by atoms with van der Waals surface area (Å²) in [6, 6.07) is 0. The van der Waals surface area contributed by atoms with E-state index in [-0.39, 0.29) is 0 Å². The summed E-state index contributed by atoms with van der Waals surface area (Å²) < 4.78 is 5.05. The summed E-state index contributed by atoms with van der Waals surface area (Å²) in [4.78, 5) is 4.32. The second-order valence-electron chi connectivity index (χ2n) is 4.39. The van der Waals surface area contributed by atoms with E-state index in [0.717, 1.165) is 11.7 Å². The molecule has 84 valence electrons. The van der Waals surface area contributed by atoms with Gasteiger partial charge in [-0.3, -0.25) is 0 Å². The SMILES string of the molecule is CCC1CCCC(c2noc(CN)n2)C1. The minimum Gasteiger partial charge on any atom is -0.338 e. The van der Waals surface area contributed by atoms with E-state index in [1.54, 1.807) is 0 Å². The molecule has 0 saturated heterocycles. The van der Waals surface area contributed by atoms with E-state index in [1.165, 1.54) is 32.1 Å². The van der Waals surface area contributed by atoms with Gasteiger partial charge in [-0.25, -0.2) is 0 Å². The van der Waals surface area contributed by atoms with Gasteiger partial charge in [-0.2, -0.15) is 4.98 Å². The molecular formula is C11H19N3O. The Morgan fingerprint density at radius 1 is 1.47 bits per heavy atom. The highest BCUT2D eigenvalue weighted by Gasteiger charge is 2.25. The molecule has 1 aromatic heterocycles. The van der Waals surface area contributed by atoms with Crippen molar-refractivity contribution < 1.29 is 4.52 Å². The molecule has 1 heterocycles. The maximum absolute atomic E-state index is 5.45. The molecule has 2 unspecified atom stereocenters. The highest BCUT2D eigenvalue weighted by atomic mass is 16.5. The number of nitrogens with two attached hydrogens (primary N) is 1. The quantitative estimate of drug-likeness (QED) is 0.829. The van der Waals surface area contributed by atoms with Crippen molar-refractivity contribution in [3.05, 3.63) is 11.7 Å². The molecule has 0 bridgehead atoms. The van der Waals surface area contributed by atoms with E-state index in [1.807, 2.05) is 0 Å². The first kappa shape index (κ1) is 10.6. The topological polar surface area (TPSA) is 64.9 Å². The third kappa shape index (κ3) is 2.37. The monoisotopic (exact) mass is 209 g/mol. The lowest BCUT2D eigenvalue weighted by Crippen LogP contribution is -2.14. The largest absolute Gasteiger partial charge is 0.338 e. The zero-order chi connectivity index (χ0) is 10.7. The van der Waals surface area contributed by atoms with Crippen molar-refractivity contribution in [2.24, 2.45) is 11.7 Å². The predicted molar refractivity (Wildman–Crippen MR) is 57.2 cm³/mol. The van der Waals surface area contributed by atoms with Crippen LogP contribution >= 0.6 is 0 Å². The zero-order valence-corrected chi connectivity index (χ0v) is 9.28. The van der Waals surface area contributed by atoms with Crippen LogP contribution in [-0.2, 0) is 6.54 Å². The number of nitrogens with zero attached hydrogens (tertiary/aromatic N) is 2. The molecule has 0 radical (unpaired) electrons. The third-order valence-corrected chi connectivity index (χ3v) is 3.38. The van der Waals surface area contributed by atoms with Gasteiger partial charge in [0.15, 0.2) is 5.82 Å². The Hall–Kier alpha value is -0.900. The Morgan fingerprint density at radius 3 is 3.00 bits per heavy atom. The number of hydrogen-bond acceptors (Lipinski definition) is 4. The molecule has 2 atom stereocenters. The minimum atomic E-state index is 0.344. The van der Waals surface area contributed by atoms with Crippen molar-refractivity contribution in [3.63, 3.8) is 0 Å². The highest BCUT2D eigenvalue weighted by Crippen LogP contribution is 2.36. The molecule has 2 rings (SSSR count). The number of rotatable bonds is 3. The summed E-state index contributed by atoms with van der Waals surface area (Å²) in [5, 5.41) is 4.01. The van der Waals surface area contributed by atoms with Crippen LogP contribution < -0.4 is 5.73 Å². The average Bonchev–Trinajstić information content (AvgIpc) is 2.78. The van der Waals surface area contributed by atoms with Crippen LogP contribution in [0.15, 0.2) is 4.52 Å². The Balaban J connectivity index is 2.03. The van der Waals surface area contributed by atoms with E-state index < -0.39 is 0 Å². The van der Waals surface area contributed by atoms with E-state index in [4.69, 9.17) is 10.3 Å². The molecule has 1 aliphatic rings. The van der Waals surface area contributed by atoms with Crippen molar-refractivity contribution in [2.75, 3.05) is 0 Å². The van der Waals surface area contributed by atoms with Crippen molar-refractivity contribution >= 4 is 0 Å². The van der Waals surface area contributed by atoms with Gasteiger partial charge in [0.05, 0.1) is 6.54 Å². The standard InChI is InChI=1S/C11H19N3O/c1-2-8-4-3-5-9(6-8)11-13-10(7-12)15-14-11/h8-9H,2-7,12H2,1H3. The molecule has 2 N–H and O–H groups in total. The molecule has 0 amide bonds. The Bertz CT molecular complexity index is 311. The Kier molecular flexibility index (Phi) is 3.36. The molecule has 0 aromatic carbocycles. The normalized spacial score (nSPS) is 26.8. The van der Waals surface area contributed by atoms with Gasteiger partial charge in [-0.15, -0.1) is 0 Å². The van der Waals surface area contributed by atoms with Crippen LogP contribution in [0.1, 0.15) is 56.7 Å². The van der Waals surface area contributed by atoms with Crippen LogP contribution in [0.25, 0.3) is 0 Å². The van der Waals surface area contributed by atoms with Crippen LogP contribution in [0, 0.1) is 5.92 Å². The van der Waals surface area contributed by atoms with Gasteiger partial charge < -0.3 is 10.3 Å². The van der Waals surface area contributed by atoms with Crippen LogP contribution in [0.5, 0.6) is 0 Å². The zero-order valence-electron chi connectivity index (χ0n) is 9.28. The van der Waals surface area contributed by atoms with Gasteiger partial charge >= 0.3 is 0 Å². The van der Waals surface area contributed by atoms with Crippen molar-refractivity contribution in [1.29, 1.82) is 0 Å². The molecule has 15 heavy (non-hydrogen) atoms. The van der Waals surface area contributed by atoms with Gasteiger partial charge in [0, 0.05) is 5.92 Å². The van der Waals surface area contributed by atoms with E-state index in [9.17, 15) is 0 Å². The molecule has 0 aliphatic heterocycles. The average molecular weight is 209 g/mol. The first-order valence-electron chi connectivity index (χ1n) is 5.86. The van der Waals surface area contributed by atoms with E-state index in [2.05, 4.69) is 17.1 Å². The van der Waals surface area contributed by atoms with Crippen molar-refractivity contribution in [2.45, 2.75) is 51.5 Å². The third-order valence-electron chi connectivity index (χ3n) is 3.38. The molecule has 0 spiro atoms. The summed E-state index contributed by atoms with van der Waals surface area (Å²) in [6.07, 6.45) is 6.31. The number of aromatic nitrogens is 2. The molecule has 1 aromatic rings. The summed E-state index contributed by atoms with van der Waals surface area (Å²) in [7, 11) is 0. The fraction of sp³-hybridized carbons (Fsp3) is 0.818. The van der Waals surface area contributed by atoms with Gasteiger partial charge in [-0.05, 0) is 18.8 Å². The van der Waals surface area contributed by atoms with E-state index >= 15 is 0 Å². The van der Waals surface area contributed by atoms with Crippen LogP contribution in [0.3, 0.4) is 0 Å². The van der Waals surface area contributed by atoms with Gasteiger partial charge in [0.1, 0.15) is 0 Å². The van der Waals surface area contributed by atoms with Crippen LogP contribution in [0.2, 0.25) is 0 Å². The Labute approximate surface area is 90.2 Å². The van der Waals surface area contributed by atoms with Gasteiger partial charge in [0.2, 0.25) is 5.89 Å². The first-order chi connectivity index (χ1) is 7.33. The van der Waals surface area contributed by atoms with E-state index in [0.29, 0.717) is 18.4 Å². The lowest BCUT2D eigenvalue weighted by molar-refractivity contribution is 0.298. The molecule has 1 saturated carbocycles. The van der Waals surface area contributed by atoms with Crippen LogP contribution in [-0.4, -0.2) is 10.1 Å². The minimum absolute atomic E-state index is 0.344. The lowest BCUT2D eigenvalue weighted by Gasteiger charge is -2.26. The van der Waals surface area contributed by atoms with Crippen molar-refractivity contribution in [1.82, 2.24) is 10.1 Å². The lowest BCUT2D eigenvalue weighted by atomic mass is 9.80. The molecule has 1 aliphatic carbocycles. The first-order valence-corrected chi connectivity index (χ1v) is 5.86. The van der Waals surface area contributed by atoms with Gasteiger partial charge in [-0.1, -0.05) is 31.3 Å². The summed E-state index contributed by atoms with van der Waals surface area (Å²) in [5.74, 6) is 2.76. The maximum Gasteiger partial charge on any atom is 0.240 e. The smallest absolute Gasteiger partial charge is 0.240 e. The molecular weight excluding hydrogens is 190 g/mol. The maximum atomic E-state index is 5.45. The van der Waals surface area contributed by atoms with Crippen LogP contribution in [0.4, 0.5) is 0 Å². The second kappa shape index (κ2) is 4.75. The summed E-state index contributed by atoms with van der Waals surface area (Å²) in [6.45, 7) is 2.60.